The highest BCUT2D eigenvalue weighted by atomic mass is 16.5. The summed E-state index contributed by atoms with van der Waals surface area (Å²) in [6.07, 6.45) is 2.23. The minimum atomic E-state index is 0.0435. The van der Waals surface area contributed by atoms with Crippen molar-refractivity contribution >= 4 is 0 Å². The number of nitrogens with one attached hydrogen (secondary N) is 1. The summed E-state index contributed by atoms with van der Waals surface area (Å²) in [5, 5.41) is 3.39. The Morgan fingerprint density at radius 3 is 2.28 bits per heavy atom. The van der Waals surface area contributed by atoms with Crippen LogP contribution in [0.1, 0.15) is 51.7 Å². The molecule has 18 heavy (non-hydrogen) atoms. The van der Waals surface area contributed by atoms with Crippen molar-refractivity contribution in [2.45, 2.75) is 52.7 Å². The Hall–Kier alpha value is -0.860. The summed E-state index contributed by atoms with van der Waals surface area (Å²) in [5.74, 6) is 0. The lowest BCUT2D eigenvalue weighted by molar-refractivity contribution is -0.0590. The van der Waals surface area contributed by atoms with Crippen molar-refractivity contribution in [1.29, 1.82) is 0 Å². The average molecular weight is 249 g/mol. The van der Waals surface area contributed by atoms with Gasteiger partial charge in [-0.2, -0.15) is 0 Å². The molecule has 1 aromatic carbocycles. The highest BCUT2D eigenvalue weighted by Crippen LogP contribution is 2.42. The Kier molecular flexibility index (Phi) is 6.37. The van der Waals surface area contributed by atoms with Gasteiger partial charge < -0.3 is 10.1 Å². The molecule has 3 rings (SSSR count). The first-order valence-electron chi connectivity index (χ1n) is 7.34. The molecule has 0 amide bonds. The SMILES string of the molecule is CC.CC.c1ccc2c(c1)COC21CCNCC1. The van der Waals surface area contributed by atoms with E-state index in [1.807, 2.05) is 27.7 Å². The second kappa shape index (κ2) is 7.55. The zero-order valence-corrected chi connectivity index (χ0v) is 12.3. The van der Waals surface area contributed by atoms with Crippen molar-refractivity contribution in [2.75, 3.05) is 13.1 Å². The molecule has 2 aliphatic heterocycles. The van der Waals surface area contributed by atoms with Crippen LogP contribution in [0, 0.1) is 0 Å². The molecule has 1 aromatic rings. The molecule has 2 aliphatic rings. The van der Waals surface area contributed by atoms with Gasteiger partial charge >= 0.3 is 0 Å². The van der Waals surface area contributed by atoms with E-state index < -0.39 is 0 Å². The third-order valence-corrected chi connectivity index (χ3v) is 3.42. The van der Waals surface area contributed by atoms with Crippen molar-refractivity contribution in [3.63, 3.8) is 0 Å². The minimum Gasteiger partial charge on any atom is -0.365 e. The van der Waals surface area contributed by atoms with E-state index in [2.05, 4.69) is 29.6 Å². The summed E-state index contributed by atoms with van der Waals surface area (Å²) < 4.78 is 6.01. The number of fused-ring (bicyclic) bond motifs is 2. The molecule has 102 valence electrons. The van der Waals surface area contributed by atoms with E-state index in [9.17, 15) is 0 Å². The fourth-order valence-electron chi connectivity index (χ4n) is 2.63. The predicted octanol–water partition coefficient (Wildman–Crippen LogP) is 3.85. The van der Waals surface area contributed by atoms with Gasteiger partial charge in [0, 0.05) is 0 Å². The van der Waals surface area contributed by atoms with Crippen LogP contribution in [0.4, 0.5) is 0 Å². The lowest BCUT2D eigenvalue weighted by Crippen LogP contribution is -2.39. The molecule has 0 radical (unpaired) electrons. The van der Waals surface area contributed by atoms with Gasteiger partial charge in [-0.1, -0.05) is 52.0 Å². The number of hydrogen-bond donors (Lipinski definition) is 1. The van der Waals surface area contributed by atoms with E-state index in [-0.39, 0.29) is 5.60 Å². The normalized spacial score (nSPS) is 19.1. The van der Waals surface area contributed by atoms with Crippen molar-refractivity contribution in [3.05, 3.63) is 35.4 Å². The van der Waals surface area contributed by atoms with Crippen LogP contribution >= 0.6 is 0 Å². The van der Waals surface area contributed by atoms with Gasteiger partial charge in [0.05, 0.1) is 12.2 Å². The smallest absolute Gasteiger partial charge is 0.0963 e. The topological polar surface area (TPSA) is 21.3 Å². The van der Waals surface area contributed by atoms with Crippen LogP contribution in [-0.4, -0.2) is 13.1 Å². The molecular weight excluding hydrogens is 222 g/mol. The molecule has 0 unspecified atom stereocenters. The number of ether oxygens (including phenoxy) is 1. The Morgan fingerprint density at radius 2 is 1.61 bits per heavy atom. The first-order valence-corrected chi connectivity index (χ1v) is 7.34. The molecule has 0 aromatic heterocycles. The highest BCUT2D eigenvalue weighted by molar-refractivity contribution is 5.35. The van der Waals surface area contributed by atoms with Gasteiger partial charge in [-0.15, -0.1) is 0 Å². The zero-order valence-electron chi connectivity index (χ0n) is 12.3. The van der Waals surface area contributed by atoms with Crippen LogP contribution in [-0.2, 0) is 16.9 Å². The van der Waals surface area contributed by atoms with E-state index in [0.717, 1.165) is 32.5 Å². The van der Waals surface area contributed by atoms with Crippen LogP contribution in [0.25, 0.3) is 0 Å². The van der Waals surface area contributed by atoms with E-state index in [4.69, 9.17) is 4.74 Å². The van der Waals surface area contributed by atoms with Gasteiger partial charge in [-0.25, -0.2) is 0 Å². The number of piperidine rings is 1. The predicted molar refractivity (Wildman–Crippen MR) is 77.7 cm³/mol. The van der Waals surface area contributed by atoms with Gasteiger partial charge in [-0.05, 0) is 37.1 Å². The van der Waals surface area contributed by atoms with Gasteiger partial charge in [0.25, 0.3) is 0 Å². The zero-order chi connectivity index (χ0) is 13.4. The lowest BCUT2D eigenvalue weighted by Gasteiger charge is -2.33. The molecule has 2 nitrogen and oxygen atoms in total. The molecule has 0 atom stereocenters. The summed E-state index contributed by atoms with van der Waals surface area (Å²) >= 11 is 0. The van der Waals surface area contributed by atoms with Crippen LogP contribution < -0.4 is 5.32 Å². The molecule has 0 saturated carbocycles. The van der Waals surface area contributed by atoms with Crippen LogP contribution in [0.15, 0.2) is 24.3 Å². The second-order valence-electron chi connectivity index (χ2n) is 4.19. The summed E-state index contributed by atoms with van der Waals surface area (Å²) in [5.41, 5.74) is 2.86. The molecule has 1 fully saturated rings. The number of hydrogen-bond acceptors (Lipinski definition) is 2. The standard InChI is InChI=1S/C12H15NO.2C2H6/c1-2-4-11-10(3-1)9-14-12(11)5-7-13-8-6-12;2*1-2/h1-4,13H,5-9H2;2*1-2H3. The molecular formula is C16H27NO. The number of benzene rings is 1. The van der Waals surface area contributed by atoms with Crippen LogP contribution in [0.3, 0.4) is 0 Å². The van der Waals surface area contributed by atoms with Crippen molar-refractivity contribution < 1.29 is 4.74 Å². The average Bonchev–Trinajstić information content (AvgIpc) is 2.83. The maximum atomic E-state index is 6.01. The summed E-state index contributed by atoms with van der Waals surface area (Å²) in [4.78, 5) is 0. The van der Waals surface area contributed by atoms with Crippen molar-refractivity contribution in [1.82, 2.24) is 5.32 Å². The Morgan fingerprint density at radius 1 is 1.00 bits per heavy atom. The summed E-state index contributed by atoms with van der Waals surface area (Å²) in [6.45, 7) is 11.0. The summed E-state index contributed by atoms with van der Waals surface area (Å²) in [6, 6.07) is 8.64. The van der Waals surface area contributed by atoms with E-state index in [0.29, 0.717) is 0 Å². The highest BCUT2D eigenvalue weighted by Gasteiger charge is 2.40. The van der Waals surface area contributed by atoms with Gasteiger partial charge in [0.1, 0.15) is 0 Å². The van der Waals surface area contributed by atoms with Gasteiger partial charge in [0.2, 0.25) is 0 Å². The third-order valence-electron chi connectivity index (χ3n) is 3.42. The molecule has 0 bridgehead atoms. The number of rotatable bonds is 0. The molecule has 1 N–H and O–H groups in total. The minimum absolute atomic E-state index is 0.0435. The van der Waals surface area contributed by atoms with Crippen molar-refractivity contribution in [3.8, 4) is 0 Å². The van der Waals surface area contributed by atoms with Gasteiger partial charge in [-0.3, -0.25) is 0 Å². The molecule has 0 aliphatic carbocycles. The Labute approximate surface area is 112 Å². The fourth-order valence-corrected chi connectivity index (χ4v) is 2.63. The Balaban J connectivity index is 0.000000371. The lowest BCUT2D eigenvalue weighted by atomic mass is 9.84. The van der Waals surface area contributed by atoms with E-state index >= 15 is 0 Å². The maximum Gasteiger partial charge on any atom is 0.0963 e. The quantitative estimate of drug-likeness (QED) is 0.754. The van der Waals surface area contributed by atoms with Gasteiger partial charge in [0.15, 0.2) is 0 Å². The third kappa shape index (κ3) is 2.93. The van der Waals surface area contributed by atoms with E-state index in [1.54, 1.807) is 0 Å². The van der Waals surface area contributed by atoms with Crippen molar-refractivity contribution in [2.24, 2.45) is 0 Å². The fraction of sp³-hybridized carbons (Fsp3) is 0.625. The first kappa shape index (κ1) is 15.2. The molecule has 1 spiro atoms. The monoisotopic (exact) mass is 249 g/mol. The molecule has 2 heteroatoms. The van der Waals surface area contributed by atoms with Crippen LogP contribution in [0.2, 0.25) is 0 Å². The first-order chi connectivity index (χ1) is 8.91. The maximum absolute atomic E-state index is 6.01. The molecule has 1 saturated heterocycles. The van der Waals surface area contributed by atoms with Crippen LogP contribution in [0.5, 0.6) is 0 Å². The van der Waals surface area contributed by atoms with E-state index in [1.165, 1.54) is 11.1 Å². The molecule has 2 heterocycles. The second-order valence-corrected chi connectivity index (χ2v) is 4.19. The Bertz CT molecular complexity index is 337. The summed E-state index contributed by atoms with van der Waals surface area (Å²) in [7, 11) is 0. The largest absolute Gasteiger partial charge is 0.365 e.